The molecule has 0 saturated carbocycles. The van der Waals surface area contributed by atoms with Gasteiger partial charge in [-0.2, -0.15) is 0 Å². The average molecular weight is 286 g/mol. The quantitative estimate of drug-likeness (QED) is 0.279. The topological polar surface area (TPSA) is 46.5 Å². The van der Waals surface area contributed by atoms with Gasteiger partial charge in [0.2, 0.25) is 6.29 Å². The van der Waals surface area contributed by atoms with Crippen molar-refractivity contribution in [3.63, 3.8) is 0 Å². The second kappa shape index (κ2) is 14.8. The minimum atomic E-state index is -0.902. The van der Waals surface area contributed by atoms with E-state index in [4.69, 9.17) is 4.74 Å². The molecular formula is C17H34O3. The summed E-state index contributed by atoms with van der Waals surface area (Å²) in [5, 5.41) is 9.45. The molecule has 3 heteroatoms. The molecule has 0 heterocycles. The molecule has 3 nitrogen and oxygen atoms in total. The van der Waals surface area contributed by atoms with Crippen LogP contribution in [-0.2, 0) is 9.53 Å². The Morgan fingerprint density at radius 2 is 1.35 bits per heavy atom. The minimum absolute atomic E-state index is 0.253. The first kappa shape index (κ1) is 19.4. The minimum Gasteiger partial charge on any atom is -0.436 e. The average Bonchev–Trinajstić information content (AvgIpc) is 2.43. The van der Waals surface area contributed by atoms with Gasteiger partial charge in [-0.05, 0) is 12.8 Å². The normalized spacial score (nSPS) is 12.3. The SMILES string of the molecule is CCCCCCCCCCCC(=O)OC(O)CCCC. The lowest BCUT2D eigenvalue weighted by Crippen LogP contribution is -2.17. The largest absolute Gasteiger partial charge is 0.436 e. The van der Waals surface area contributed by atoms with Crippen molar-refractivity contribution in [3.05, 3.63) is 0 Å². The van der Waals surface area contributed by atoms with Crippen molar-refractivity contribution in [2.75, 3.05) is 0 Å². The van der Waals surface area contributed by atoms with E-state index in [0.29, 0.717) is 12.8 Å². The highest BCUT2D eigenvalue weighted by Gasteiger charge is 2.09. The van der Waals surface area contributed by atoms with Gasteiger partial charge in [-0.15, -0.1) is 0 Å². The van der Waals surface area contributed by atoms with E-state index in [2.05, 4.69) is 13.8 Å². The molecule has 120 valence electrons. The molecule has 1 N–H and O–H groups in total. The third-order valence-electron chi connectivity index (χ3n) is 3.56. The number of carbonyl (C=O) groups is 1. The van der Waals surface area contributed by atoms with Crippen LogP contribution < -0.4 is 0 Å². The Balaban J connectivity index is 3.26. The molecule has 1 unspecified atom stereocenters. The fraction of sp³-hybridized carbons (Fsp3) is 0.941. The van der Waals surface area contributed by atoms with E-state index in [1.165, 1.54) is 44.9 Å². The molecule has 0 aliphatic rings. The number of ether oxygens (including phenoxy) is 1. The van der Waals surface area contributed by atoms with Crippen molar-refractivity contribution in [1.29, 1.82) is 0 Å². The van der Waals surface area contributed by atoms with Crippen LogP contribution in [-0.4, -0.2) is 17.4 Å². The lowest BCUT2D eigenvalue weighted by Gasteiger charge is -2.11. The van der Waals surface area contributed by atoms with Crippen LogP contribution in [0.1, 0.15) is 97.3 Å². The summed E-state index contributed by atoms with van der Waals surface area (Å²) in [6.07, 6.45) is 13.1. The van der Waals surface area contributed by atoms with E-state index >= 15 is 0 Å². The predicted octanol–water partition coefficient (Wildman–Crippen LogP) is 4.96. The maximum atomic E-state index is 11.4. The predicted molar refractivity (Wildman–Crippen MR) is 83.5 cm³/mol. The highest BCUT2D eigenvalue weighted by molar-refractivity contribution is 5.69. The smallest absolute Gasteiger partial charge is 0.308 e. The molecule has 0 aromatic heterocycles. The Morgan fingerprint density at radius 1 is 0.850 bits per heavy atom. The Kier molecular flexibility index (Phi) is 14.4. The number of hydrogen-bond acceptors (Lipinski definition) is 3. The molecule has 0 aliphatic heterocycles. The number of carbonyl (C=O) groups excluding carboxylic acids is 1. The van der Waals surface area contributed by atoms with E-state index in [1.54, 1.807) is 0 Å². The molecule has 20 heavy (non-hydrogen) atoms. The van der Waals surface area contributed by atoms with E-state index in [-0.39, 0.29) is 5.97 Å². The zero-order valence-electron chi connectivity index (χ0n) is 13.5. The lowest BCUT2D eigenvalue weighted by molar-refractivity contribution is -0.168. The molecule has 0 aliphatic carbocycles. The molecule has 0 aromatic rings. The van der Waals surface area contributed by atoms with Gasteiger partial charge in [0.25, 0.3) is 0 Å². The number of rotatable bonds is 14. The first-order valence-corrected chi connectivity index (χ1v) is 8.58. The summed E-state index contributed by atoms with van der Waals surface area (Å²) in [5.41, 5.74) is 0. The second-order valence-electron chi connectivity index (χ2n) is 5.67. The molecule has 0 radical (unpaired) electrons. The number of esters is 1. The summed E-state index contributed by atoms with van der Waals surface area (Å²) in [6, 6.07) is 0. The van der Waals surface area contributed by atoms with Crippen LogP contribution in [0.15, 0.2) is 0 Å². The van der Waals surface area contributed by atoms with Gasteiger partial charge in [0, 0.05) is 12.8 Å². The Hall–Kier alpha value is -0.570. The third kappa shape index (κ3) is 13.9. The first-order chi connectivity index (χ1) is 9.70. The van der Waals surface area contributed by atoms with Crippen LogP contribution in [0, 0.1) is 0 Å². The monoisotopic (exact) mass is 286 g/mol. The Morgan fingerprint density at radius 3 is 1.90 bits per heavy atom. The fourth-order valence-electron chi connectivity index (χ4n) is 2.23. The summed E-state index contributed by atoms with van der Waals surface area (Å²) >= 11 is 0. The number of aliphatic hydroxyl groups is 1. The van der Waals surface area contributed by atoms with Crippen molar-refractivity contribution < 1.29 is 14.6 Å². The van der Waals surface area contributed by atoms with Crippen molar-refractivity contribution in [2.45, 2.75) is 104 Å². The van der Waals surface area contributed by atoms with Gasteiger partial charge < -0.3 is 9.84 Å². The Bertz CT molecular complexity index is 216. The second-order valence-corrected chi connectivity index (χ2v) is 5.67. The van der Waals surface area contributed by atoms with Crippen LogP contribution >= 0.6 is 0 Å². The van der Waals surface area contributed by atoms with Gasteiger partial charge in [0.15, 0.2) is 0 Å². The molecule has 0 amide bonds. The fourth-order valence-corrected chi connectivity index (χ4v) is 2.23. The van der Waals surface area contributed by atoms with Crippen LogP contribution in [0.25, 0.3) is 0 Å². The van der Waals surface area contributed by atoms with E-state index in [1.807, 2.05) is 0 Å². The molecule has 0 rings (SSSR count). The first-order valence-electron chi connectivity index (χ1n) is 8.58. The van der Waals surface area contributed by atoms with E-state index < -0.39 is 6.29 Å². The number of hydrogen-bond donors (Lipinski definition) is 1. The molecule has 1 atom stereocenters. The molecule has 0 fully saturated rings. The van der Waals surface area contributed by atoms with Crippen LogP contribution in [0.4, 0.5) is 0 Å². The standard InChI is InChI=1S/C17H34O3/c1-3-5-7-8-9-10-11-12-13-15-17(19)20-16(18)14-6-4-2/h16,18H,3-15H2,1-2H3. The molecule has 0 saturated heterocycles. The van der Waals surface area contributed by atoms with Gasteiger partial charge in [-0.3, -0.25) is 4.79 Å². The van der Waals surface area contributed by atoms with Crippen LogP contribution in [0.3, 0.4) is 0 Å². The molecule has 0 bridgehead atoms. The molecule has 0 spiro atoms. The zero-order chi connectivity index (χ0) is 15.1. The summed E-state index contributed by atoms with van der Waals surface area (Å²) in [5.74, 6) is -0.253. The highest BCUT2D eigenvalue weighted by Crippen LogP contribution is 2.11. The zero-order valence-corrected chi connectivity index (χ0v) is 13.5. The summed E-state index contributed by atoms with van der Waals surface area (Å²) < 4.78 is 4.94. The van der Waals surface area contributed by atoms with Gasteiger partial charge in [0.05, 0.1) is 0 Å². The van der Waals surface area contributed by atoms with Gasteiger partial charge in [-0.1, -0.05) is 71.6 Å². The van der Waals surface area contributed by atoms with Crippen molar-refractivity contribution >= 4 is 5.97 Å². The van der Waals surface area contributed by atoms with E-state index in [9.17, 15) is 9.90 Å². The summed E-state index contributed by atoms with van der Waals surface area (Å²) in [4.78, 5) is 11.4. The van der Waals surface area contributed by atoms with Crippen molar-refractivity contribution in [2.24, 2.45) is 0 Å². The lowest BCUT2D eigenvalue weighted by atomic mass is 10.1. The maximum absolute atomic E-state index is 11.4. The number of aliphatic hydroxyl groups excluding tert-OH is 1. The number of unbranched alkanes of at least 4 members (excludes halogenated alkanes) is 9. The molecule has 0 aromatic carbocycles. The third-order valence-corrected chi connectivity index (χ3v) is 3.56. The highest BCUT2D eigenvalue weighted by atomic mass is 16.6. The van der Waals surface area contributed by atoms with Crippen molar-refractivity contribution in [3.8, 4) is 0 Å². The molecular weight excluding hydrogens is 252 g/mol. The van der Waals surface area contributed by atoms with Crippen LogP contribution in [0.5, 0.6) is 0 Å². The van der Waals surface area contributed by atoms with Crippen LogP contribution in [0.2, 0.25) is 0 Å². The Labute approximate surface area is 125 Å². The van der Waals surface area contributed by atoms with Gasteiger partial charge in [0.1, 0.15) is 0 Å². The maximum Gasteiger partial charge on any atom is 0.308 e. The van der Waals surface area contributed by atoms with Crippen molar-refractivity contribution in [1.82, 2.24) is 0 Å². The summed E-state index contributed by atoms with van der Waals surface area (Å²) in [7, 11) is 0. The van der Waals surface area contributed by atoms with Gasteiger partial charge >= 0.3 is 5.97 Å². The van der Waals surface area contributed by atoms with Gasteiger partial charge in [-0.25, -0.2) is 0 Å². The summed E-state index contributed by atoms with van der Waals surface area (Å²) in [6.45, 7) is 4.29. The van der Waals surface area contributed by atoms with E-state index in [0.717, 1.165) is 25.7 Å².